The van der Waals surface area contributed by atoms with Crippen molar-refractivity contribution in [1.29, 1.82) is 0 Å². The van der Waals surface area contributed by atoms with Crippen molar-refractivity contribution in [3.63, 3.8) is 0 Å². The molecular weight excluding hydrogens is 446 g/mol. The van der Waals surface area contributed by atoms with E-state index in [2.05, 4.69) is 5.32 Å². The number of aliphatic carboxylic acids is 1. The predicted octanol–water partition coefficient (Wildman–Crippen LogP) is 0.307. The second kappa shape index (κ2) is 11.6. The maximum atomic E-state index is 11.2. The molecule has 7 N–H and O–H groups in total. The molecule has 1 fully saturated rings. The van der Waals surface area contributed by atoms with Crippen molar-refractivity contribution in [3.05, 3.63) is 59.7 Å². The molecule has 0 bridgehead atoms. The summed E-state index contributed by atoms with van der Waals surface area (Å²) in [6.07, 6.45) is -7.41. The summed E-state index contributed by atoms with van der Waals surface area (Å²) < 4.78 is 10.6. The molecule has 3 rings (SSSR count). The number of nitrogens with one attached hydrogen (secondary N) is 1. The molecule has 1 aliphatic rings. The van der Waals surface area contributed by atoms with E-state index in [1.165, 1.54) is 12.1 Å². The maximum absolute atomic E-state index is 11.2. The first-order valence-electron chi connectivity index (χ1n) is 11.0. The number of carboxylic acid groups (broad SMARTS) is 1. The highest BCUT2D eigenvalue weighted by Gasteiger charge is 2.48. The molecule has 2 aromatic rings. The van der Waals surface area contributed by atoms with Crippen molar-refractivity contribution in [2.24, 2.45) is 0 Å². The molecule has 10 heteroatoms. The summed E-state index contributed by atoms with van der Waals surface area (Å²) in [5.41, 5.74) is 1.74. The van der Waals surface area contributed by atoms with Gasteiger partial charge in [0.05, 0.1) is 6.10 Å². The molecule has 0 radical (unpaired) electrons. The van der Waals surface area contributed by atoms with Gasteiger partial charge in [0.15, 0.2) is 6.10 Å². The third kappa shape index (κ3) is 6.66. The SMILES string of the molecule is C[C@H](CCc1ccc(O[C@@H]2O[C@H](C(=O)O)[C@@H](O)[C@H](O)[C@H]2O)cc1)NC[C@H](O)c1ccc(O)cc1. The van der Waals surface area contributed by atoms with Gasteiger partial charge in [-0.05, 0) is 55.2 Å². The van der Waals surface area contributed by atoms with E-state index in [0.29, 0.717) is 12.3 Å². The minimum Gasteiger partial charge on any atom is -0.508 e. The Morgan fingerprint density at radius 2 is 1.68 bits per heavy atom. The van der Waals surface area contributed by atoms with Crippen molar-refractivity contribution in [2.75, 3.05) is 6.54 Å². The lowest BCUT2D eigenvalue weighted by atomic mass is 9.99. The van der Waals surface area contributed by atoms with Gasteiger partial charge in [0.1, 0.15) is 29.8 Å². The van der Waals surface area contributed by atoms with Gasteiger partial charge in [0.25, 0.3) is 0 Å². The highest BCUT2D eigenvalue weighted by molar-refractivity contribution is 5.73. The summed E-state index contributed by atoms with van der Waals surface area (Å²) in [6, 6.07) is 13.5. The summed E-state index contributed by atoms with van der Waals surface area (Å²) in [5, 5.41) is 61.7. The van der Waals surface area contributed by atoms with E-state index in [9.17, 15) is 30.3 Å². The molecule has 34 heavy (non-hydrogen) atoms. The number of aryl methyl sites for hydroxylation is 1. The number of phenols is 1. The fourth-order valence-corrected chi connectivity index (χ4v) is 3.63. The minimum atomic E-state index is -1.77. The van der Waals surface area contributed by atoms with Gasteiger partial charge in [-0.15, -0.1) is 0 Å². The third-order valence-corrected chi connectivity index (χ3v) is 5.79. The molecule has 0 aliphatic carbocycles. The van der Waals surface area contributed by atoms with Gasteiger partial charge in [0.2, 0.25) is 6.29 Å². The first-order chi connectivity index (χ1) is 16.2. The van der Waals surface area contributed by atoms with Crippen LogP contribution in [0, 0.1) is 0 Å². The summed E-state index contributed by atoms with van der Waals surface area (Å²) in [6.45, 7) is 2.39. The maximum Gasteiger partial charge on any atom is 0.335 e. The molecule has 1 heterocycles. The summed E-state index contributed by atoms with van der Waals surface area (Å²) in [5.74, 6) is -1.01. The van der Waals surface area contributed by atoms with Crippen LogP contribution in [-0.2, 0) is 16.0 Å². The third-order valence-electron chi connectivity index (χ3n) is 5.79. The standard InChI is InChI=1S/C24H31NO9/c1-13(25-12-18(27)15-6-8-16(26)9-7-15)2-3-14-4-10-17(11-5-14)33-24-21(30)19(28)20(29)22(34-24)23(31)32/h4-11,13,18-22,24-30H,2-3,12H2,1H3,(H,31,32)/t13-,18+,19+,20+,21-,22+,24-/m1/s1. The summed E-state index contributed by atoms with van der Waals surface area (Å²) in [7, 11) is 0. The lowest BCUT2D eigenvalue weighted by molar-refractivity contribution is -0.271. The number of aliphatic hydroxyl groups is 4. The molecule has 0 aromatic heterocycles. The van der Waals surface area contributed by atoms with Crippen LogP contribution >= 0.6 is 0 Å². The number of rotatable bonds is 10. The summed E-state index contributed by atoms with van der Waals surface area (Å²) >= 11 is 0. The number of phenolic OH excluding ortho intramolecular Hbond substituents is 1. The Labute approximate surface area is 197 Å². The van der Waals surface area contributed by atoms with Crippen LogP contribution in [0.15, 0.2) is 48.5 Å². The molecule has 1 aliphatic heterocycles. The van der Waals surface area contributed by atoms with E-state index in [-0.39, 0.29) is 11.8 Å². The van der Waals surface area contributed by atoms with E-state index < -0.39 is 42.8 Å². The van der Waals surface area contributed by atoms with Gasteiger partial charge < -0.3 is 45.4 Å². The number of hydrogen-bond donors (Lipinski definition) is 7. The number of aliphatic hydroxyl groups excluding tert-OH is 4. The molecule has 0 saturated carbocycles. The smallest absolute Gasteiger partial charge is 0.335 e. The van der Waals surface area contributed by atoms with Crippen LogP contribution in [0.2, 0.25) is 0 Å². The number of aromatic hydroxyl groups is 1. The topological polar surface area (TPSA) is 169 Å². The van der Waals surface area contributed by atoms with Gasteiger partial charge in [-0.1, -0.05) is 24.3 Å². The van der Waals surface area contributed by atoms with Crippen molar-refractivity contribution in [2.45, 2.75) is 62.6 Å². The lowest BCUT2D eigenvalue weighted by Crippen LogP contribution is -2.61. The number of hydrogen-bond acceptors (Lipinski definition) is 9. The van der Waals surface area contributed by atoms with Crippen LogP contribution in [0.1, 0.15) is 30.6 Å². The molecule has 10 nitrogen and oxygen atoms in total. The molecule has 186 valence electrons. The molecular formula is C24H31NO9. The van der Waals surface area contributed by atoms with E-state index in [0.717, 1.165) is 24.0 Å². The monoisotopic (exact) mass is 477 g/mol. The summed E-state index contributed by atoms with van der Waals surface area (Å²) in [4.78, 5) is 11.2. The molecule has 0 amide bonds. The van der Waals surface area contributed by atoms with Gasteiger partial charge >= 0.3 is 5.97 Å². The van der Waals surface area contributed by atoms with E-state index >= 15 is 0 Å². The highest BCUT2D eigenvalue weighted by Crippen LogP contribution is 2.25. The van der Waals surface area contributed by atoms with Gasteiger partial charge in [0, 0.05) is 12.6 Å². The molecule has 2 aromatic carbocycles. The molecule has 7 atom stereocenters. The van der Waals surface area contributed by atoms with E-state index in [1.807, 2.05) is 19.1 Å². The lowest BCUT2D eigenvalue weighted by Gasteiger charge is -2.38. The van der Waals surface area contributed by atoms with Crippen molar-refractivity contribution < 1.29 is 44.9 Å². The normalized spacial score (nSPS) is 26.6. The van der Waals surface area contributed by atoms with Crippen LogP contribution in [0.5, 0.6) is 11.5 Å². The Balaban J connectivity index is 1.46. The second-order valence-electron chi connectivity index (χ2n) is 8.45. The van der Waals surface area contributed by atoms with Crippen LogP contribution in [0.4, 0.5) is 0 Å². The van der Waals surface area contributed by atoms with Crippen molar-refractivity contribution >= 4 is 5.97 Å². The fraction of sp³-hybridized carbons (Fsp3) is 0.458. The van der Waals surface area contributed by atoms with E-state index in [1.54, 1.807) is 24.3 Å². The Kier molecular flexibility index (Phi) is 8.84. The Bertz CT molecular complexity index is 921. The average molecular weight is 478 g/mol. The number of benzene rings is 2. The zero-order valence-corrected chi connectivity index (χ0v) is 18.7. The zero-order chi connectivity index (χ0) is 24.8. The Hall–Kier alpha value is -2.73. The van der Waals surface area contributed by atoms with Gasteiger partial charge in [-0.2, -0.15) is 0 Å². The quantitative estimate of drug-likeness (QED) is 0.253. The molecule has 1 saturated heterocycles. The highest BCUT2D eigenvalue weighted by atomic mass is 16.7. The van der Waals surface area contributed by atoms with Crippen molar-refractivity contribution in [1.82, 2.24) is 5.32 Å². The molecule has 0 unspecified atom stereocenters. The van der Waals surface area contributed by atoms with Crippen LogP contribution in [-0.4, -0.2) is 79.9 Å². The number of carbonyl (C=O) groups is 1. The fourth-order valence-electron chi connectivity index (χ4n) is 3.63. The van der Waals surface area contributed by atoms with Crippen LogP contribution < -0.4 is 10.1 Å². The van der Waals surface area contributed by atoms with Crippen molar-refractivity contribution in [3.8, 4) is 11.5 Å². The van der Waals surface area contributed by atoms with Crippen LogP contribution in [0.25, 0.3) is 0 Å². The predicted molar refractivity (Wildman–Crippen MR) is 120 cm³/mol. The first-order valence-corrected chi connectivity index (χ1v) is 11.0. The van der Waals surface area contributed by atoms with E-state index in [4.69, 9.17) is 14.6 Å². The minimum absolute atomic E-state index is 0.134. The number of ether oxygens (including phenoxy) is 2. The zero-order valence-electron chi connectivity index (χ0n) is 18.7. The van der Waals surface area contributed by atoms with Crippen LogP contribution in [0.3, 0.4) is 0 Å². The van der Waals surface area contributed by atoms with Gasteiger partial charge in [-0.3, -0.25) is 0 Å². The van der Waals surface area contributed by atoms with Gasteiger partial charge in [-0.25, -0.2) is 4.79 Å². The largest absolute Gasteiger partial charge is 0.508 e. The number of carboxylic acids is 1. The Morgan fingerprint density at radius 1 is 1.03 bits per heavy atom. The Morgan fingerprint density at radius 3 is 2.29 bits per heavy atom. The first kappa shape index (κ1) is 25.9. The second-order valence-corrected chi connectivity index (χ2v) is 8.45. The molecule has 0 spiro atoms. The average Bonchev–Trinajstić information content (AvgIpc) is 2.82.